The molecule has 0 aliphatic rings. The van der Waals surface area contributed by atoms with Crippen LogP contribution in [-0.4, -0.2) is 44.6 Å². The van der Waals surface area contributed by atoms with Crippen LogP contribution >= 0.6 is 0 Å². The molecule has 0 atom stereocenters. The molecule has 25 heavy (non-hydrogen) atoms. The quantitative estimate of drug-likeness (QED) is 0.821. The van der Waals surface area contributed by atoms with E-state index in [2.05, 4.69) is 17.1 Å². The van der Waals surface area contributed by atoms with Gasteiger partial charge in [0.2, 0.25) is 0 Å². The number of amides is 2. The molecular weight excluding hydrogens is 318 g/mol. The van der Waals surface area contributed by atoms with Crippen molar-refractivity contribution in [1.29, 1.82) is 0 Å². The van der Waals surface area contributed by atoms with Gasteiger partial charge in [0, 0.05) is 43.1 Å². The van der Waals surface area contributed by atoms with Crippen LogP contribution in [0.25, 0.3) is 0 Å². The van der Waals surface area contributed by atoms with Crippen LogP contribution in [0, 0.1) is 0 Å². The van der Waals surface area contributed by atoms with Crippen LogP contribution in [-0.2, 0) is 4.84 Å². The van der Waals surface area contributed by atoms with Gasteiger partial charge in [-0.2, -0.15) is 0 Å². The fraction of sp³-hybridized carbons (Fsp3) is 0.263. The van der Waals surface area contributed by atoms with Crippen molar-refractivity contribution >= 4 is 23.2 Å². The van der Waals surface area contributed by atoms with Gasteiger partial charge in [0.1, 0.15) is 0 Å². The van der Waals surface area contributed by atoms with E-state index in [4.69, 9.17) is 4.84 Å². The van der Waals surface area contributed by atoms with Gasteiger partial charge in [0.05, 0.1) is 7.11 Å². The number of hydrogen-bond donors (Lipinski definition) is 1. The molecule has 2 rings (SSSR count). The molecule has 0 unspecified atom stereocenters. The van der Waals surface area contributed by atoms with E-state index in [0.717, 1.165) is 17.3 Å². The van der Waals surface area contributed by atoms with E-state index in [1.165, 1.54) is 14.2 Å². The topological polar surface area (TPSA) is 61.9 Å². The Balaban J connectivity index is 2.04. The zero-order valence-corrected chi connectivity index (χ0v) is 14.9. The second kappa shape index (κ2) is 8.30. The Bertz CT molecular complexity index is 727. The van der Waals surface area contributed by atoms with Crippen LogP contribution in [0.2, 0.25) is 0 Å². The minimum Gasteiger partial charge on any atom is -0.375 e. The number of nitrogens with zero attached hydrogens (tertiary/aromatic N) is 2. The fourth-order valence-electron chi connectivity index (χ4n) is 2.21. The summed E-state index contributed by atoms with van der Waals surface area (Å²) in [5, 5.41) is 3.96. The number of benzene rings is 2. The maximum atomic E-state index is 12.3. The third-order valence-corrected chi connectivity index (χ3v) is 3.99. The zero-order valence-electron chi connectivity index (χ0n) is 14.9. The van der Waals surface area contributed by atoms with Crippen LogP contribution in [0.15, 0.2) is 48.5 Å². The Labute approximate surface area is 148 Å². The highest BCUT2D eigenvalue weighted by Crippen LogP contribution is 2.16. The first kappa shape index (κ1) is 18.5. The highest BCUT2D eigenvalue weighted by atomic mass is 16.7. The minimum absolute atomic E-state index is 0.196. The van der Waals surface area contributed by atoms with Crippen LogP contribution in [0.1, 0.15) is 27.6 Å². The smallest absolute Gasteiger partial charge is 0.277 e. The number of hydrogen-bond acceptors (Lipinski definition) is 4. The second-order valence-corrected chi connectivity index (χ2v) is 5.58. The average molecular weight is 341 g/mol. The number of carbonyl (C=O) groups excluding carboxylic acids is 2. The second-order valence-electron chi connectivity index (χ2n) is 5.58. The van der Waals surface area contributed by atoms with Crippen molar-refractivity contribution in [1.82, 2.24) is 5.06 Å². The van der Waals surface area contributed by atoms with Gasteiger partial charge in [-0.3, -0.25) is 14.4 Å². The summed E-state index contributed by atoms with van der Waals surface area (Å²) >= 11 is 0. The van der Waals surface area contributed by atoms with Gasteiger partial charge in [-0.15, -0.1) is 0 Å². The zero-order chi connectivity index (χ0) is 18.4. The van der Waals surface area contributed by atoms with E-state index in [1.807, 2.05) is 19.2 Å². The molecule has 0 aliphatic carbocycles. The first-order valence-electron chi connectivity index (χ1n) is 8.01. The van der Waals surface area contributed by atoms with Gasteiger partial charge in [-0.05, 0) is 55.5 Å². The molecule has 132 valence electrons. The van der Waals surface area contributed by atoms with Crippen molar-refractivity contribution in [3.05, 3.63) is 59.7 Å². The van der Waals surface area contributed by atoms with E-state index >= 15 is 0 Å². The summed E-state index contributed by atoms with van der Waals surface area (Å²) in [6.07, 6.45) is 0. The van der Waals surface area contributed by atoms with Crippen molar-refractivity contribution in [3.8, 4) is 0 Å². The Morgan fingerprint density at radius 1 is 0.960 bits per heavy atom. The normalized spacial score (nSPS) is 10.2. The minimum atomic E-state index is -0.254. The first-order valence-corrected chi connectivity index (χ1v) is 8.01. The largest absolute Gasteiger partial charge is 0.375 e. The Kier molecular flexibility index (Phi) is 6.14. The van der Waals surface area contributed by atoms with Crippen molar-refractivity contribution in [2.45, 2.75) is 6.92 Å². The number of carbonyl (C=O) groups is 2. The van der Waals surface area contributed by atoms with Gasteiger partial charge in [0.25, 0.3) is 11.8 Å². The SMILES string of the molecule is CCN(C)c1ccc(C(=O)Nc2ccc(C(=O)N(C)OC)cc2)cc1. The Morgan fingerprint density at radius 2 is 1.52 bits per heavy atom. The van der Waals surface area contributed by atoms with Crippen LogP contribution in [0.4, 0.5) is 11.4 Å². The summed E-state index contributed by atoms with van der Waals surface area (Å²) in [5.74, 6) is -0.449. The molecule has 0 fully saturated rings. The number of rotatable bonds is 6. The summed E-state index contributed by atoms with van der Waals surface area (Å²) in [6.45, 7) is 2.97. The fourth-order valence-corrected chi connectivity index (χ4v) is 2.21. The van der Waals surface area contributed by atoms with Gasteiger partial charge in [-0.1, -0.05) is 0 Å². The third-order valence-electron chi connectivity index (χ3n) is 3.99. The summed E-state index contributed by atoms with van der Waals surface area (Å²) in [5.41, 5.74) is 2.74. The molecular formula is C19H23N3O3. The predicted molar refractivity (Wildman–Crippen MR) is 98.9 cm³/mol. The van der Waals surface area contributed by atoms with Crippen molar-refractivity contribution in [3.63, 3.8) is 0 Å². The number of anilines is 2. The molecule has 0 saturated heterocycles. The molecule has 0 aromatic heterocycles. The van der Waals surface area contributed by atoms with Crippen LogP contribution in [0.5, 0.6) is 0 Å². The molecule has 0 aliphatic heterocycles. The Hall–Kier alpha value is -2.86. The molecule has 0 saturated carbocycles. The summed E-state index contributed by atoms with van der Waals surface area (Å²) in [7, 11) is 4.96. The van der Waals surface area contributed by atoms with Gasteiger partial charge in [-0.25, -0.2) is 5.06 Å². The van der Waals surface area contributed by atoms with Crippen molar-refractivity contribution < 1.29 is 14.4 Å². The van der Waals surface area contributed by atoms with Crippen molar-refractivity contribution in [2.24, 2.45) is 0 Å². The molecule has 0 radical (unpaired) electrons. The lowest BCUT2D eigenvalue weighted by Gasteiger charge is -2.16. The maximum Gasteiger partial charge on any atom is 0.277 e. The van der Waals surface area contributed by atoms with E-state index in [9.17, 15) is 9.59 Å². The summed E-state index contributed by atoms with van der Waals surface area (Å²) in [6, 6.07) is 14.1. The molecule has 6 nitrogen and oxygen atoms in total. The van der Waals surface area contributed by atoms with E-state index < -0.39 is 0 Å². The monoisotopic (exact) mass is 341 g/mol. The molecule has 0 spiro atoms. The molecule has 0 heterocycles. The number of hydroxylamine groups is 2. The lowest BCUT2D eigenvalue weighted by Crippen LogP contribution is -2.25. The number of nitrogens with one attached hydrogen (secondary N) is 1. The predicted octanol–water partition coefficient (Wildman–Crippen LogP) is 3.03. The van der Waals surface area contributed by atoms with Gasteiger partial charge >= 0.3 is 0 Å². The highest BCUT2D eigenvalue weighted by molar-refractivity contribution is 6.04. The summed E-state index contributed by atoms with van der Waals surface area (Å²) in [4.78, 5) is 31.2. The average Bonchev–Trinajstić information content (AvgIpc) is 2.66. The molecule has 0 bridgehead atoms. The maximum absolute atomic E-state index is 12.3. The van der Waals surface area contributed by atoms with Crippen LogP contribution < -0.4 is 10.2 Å². The highest BCUT2D eigenvalue weighted by Gasteiger charge is 2.12. The third kappa shape index (κ3) is 4.58. The standard InChI is InChI=1S/C19H23N3O3/c1-5-21(2)17-12-8-14(9-13-17)18(23)20-16-10-6-15(7-11-16)19(24)22(3)25-4/h6-13H,5H2,1-4H3,(H,20,23). The lowest BCUT2D eigenvalue weighted by atomic mass is 10.1. The molecule has 6 heteroatoms. The van der Waals surface area contributed by atoms with Gasteiger partial charge < -0.3 is 10.2 Å². The molecule has 1 N–H and O–H groups in total. The van der Waals surface area contributed by atoms with E-state index in [-0.39, 0.29) is 11.8 Å². The Morgan fingerprint density at radius 3 is 2.04 bits per heavy atom. The lowest BCUT2D eigenvalue weighted by molar-refractivity contribution is -0.0756. The molecule has 2 aromatic rings. The van der Waals surface area contributed by atoms with E-state index in [1.54, 1.807) is 36.4 Å². The molecule has 2 amide bonds. The van der Waals surface area contributed by atoms with Crippen LogP contribution in [0.3, 0.4) is 0 Å². The van der Waals surface area contributed by atoms with E-state index in [0.29, 0.717) is 16.8 Å². The van der Waals surface area contributed by atoms with Crippen molar-refractivity contribution in [2.75, 3.05) is 38.0 Å². The first-order chi connectivity index (χ1) is 12.0. The molecule has 2 aromatic carbocycles. The summed E-state index contributed by atoms with van der Waals surface area (Å²) < 4.78 is 0. The van der Waals surface area contributed by atoms with Gasteiger partial charge in [0.15, 0.2) is 0 Å².